The second kappa shape index (κ2) is 11.5. The van der Waals surface area contributed by atoms with Gasteiger partial charge in [-0.3, -0.25) is 0 Å². The summed E-state index contributed by atoms with van der Waals surface area (Å²) in [4.78, 5) is 4.37. The third-order valence-electron chi connectivity index (χ3n) is 4.86. The largest absolute Gasteiger partial charge is 0.462 e. The van der Waals surface area contributed by atoms with Gasteiger partial charge in [-0.2, -0.15) is 18.2 Å². The molecule has 1 unspecified atom stereocenters. The minimum absolute atomic E-state index is 0.0343. The van der Waals surface area contributed by atoms with Crippen LogP contribution >= 0.6 is 0 Å². The van der Waals surface area contributed by atoms with Crippen LogP contribution in [0.4, 0.5) is 18.9 Å². The number of ether oxygens (including phenoxy) is 2. The lowest BCUT2D eigenvalue weighted by Gasteiger charge is -2.15. The minimum Gasteiger partial charge on any atom is -0.462 e. The molecule has 0 fully saturated rings. The SMILES string of the molecule is CC(C)COc1nc(-c2cccc(C(F)(F)F)c2)n(-c2ccc(NCC(O)COC(C)C)cc2)n1. The molecule has 3 aromatic rings. The van der Waals surface area contributed by atoms with Gasteiger partial charge in [-0.25, -0.2) is 4.68 Å². The number of rotatable bonds is 11. The van der Waals surface area contributed by atoms with Crippen LogP contribution in [-0.4, -0.2) is 51.8 Å². The molecule has 1 aromatic heterocycles. The van der Waals surface area contributed by atoms with Crippen LogP contribution in [-0.2, 0) is 10.9 Å². The highest BCUT2D eigenvalue weighted by Crippen LogP contribution is 2.33. The van der Waals surface area contributed by atoms with E-state index in [9.17, 15) is 18.3 Å². The molecule has 35 heavy (non-hydrogen) atoms. The molecular weight excluding hydrogens is 461 g/mol. The van der Waals surface area contributed by atoms with Crippen molar-refractivity contribution >= 4 is 5.69 Å². The Morgan fingerprint density at radius 3 is 2.37 bits per heavy atom. The van der Waals surface area contributed by atoms with Crippen LogP contribution < -0.4 is 10.1 Å². The van der Waals surface area contributed by atoms with Crippen molar-refractivity contribution in [3.63, 3.8) is 0 Å². The standard InChI is InChI=1S/C25H31F3N4O3/c1-16(2)14-35-24-30-23(18-6-5-7-19(12-18)25(26,27)28)32(31-24)21-10-8-20(9-11-21)29-13-22(33)15-34-17(3)4/h5-12,16-17,22,29,33H,13-15H2,1-4H3. The number of nitrogens with zero attached hydrogens (tertiary/aromatic N) is 3. The highest BCUT2D eigenvalue weighted by atomic mass is 19.4. The predicted octanol–water partition coefficient (Wildman–Crippen LogP) is 5.19. The molecule has 0 aliphatic rings. The normalized spacial score (nSPS) is 12.9. The average molecular weight is 493 g/mol. The van der Waals surface area contributed by atoms with Crippen molar-refractivity contribution < 1.29 is 27.8 Å². The van der Waals surface area contributed by atoms with E-state index in [1.54, 1.807) is 30.3 Å². The first-order valence-corrected chi connectivity index (χ1v) is 11.4. The minimum atomic E-state index is -4.48. The monoisotopic (exact) mass is 492 g/mol. The Labute approximate surface area is 202 Å². The molecule has 0 amide bonds. The molecule has 0 aliphatic carbocycles. The first-order chi connectivity index (χ1) is 16.5. The molecule has 1 atom stereocenters. The van der Waals surface area contributed by atoms with Gasteiger partial charge < -0.3 is 19.9 Å². The van der Waals surface area contributed by atoms with Crippen LogP contribution in [0.3, 0.4) is 0 Å². The second-order valence-corrected chi connectivity index (χ2v) is 8.88. The lowest BCUT2D eigenvalue weighted by Crippen LogP contribution is -2.26. The number of aliphatic hydroxyl groups excluding tert-OH is 1. The van der Waals surface area contributed by atoms with Crippen LogP contribution in [0.5, 0.6) is 6.01 Å². The van der Waals surface area contributed by atoms with Crippen molar-refractivity contribution in [3.8, 4) is 23.1 Å². The molecule has 0 bridgehead atoms. The van der Waals surface area contributed by atoms with E-state index < -0.39 is 17.8 Å². The number of aliphatic hydroxyl groups is 1. The predicted molar refractivity (Wildman–Crippen MR) is 128 cm³/mol. The van der Waals surface area contributed by atoms with Gasteiger partial charge in [-0.1, -0.05) is 26.0 Å². The van der Waals surface area contributed by atoms with Gasteiger partial charge in [0.2, 0.25) is 0 Å². The molecule has 190 valence electrons. The number of benzene rings is 2. The Bertz CT molecular complexity index is 1080. The summed E-state index contributed by atoms with van der Waals surface area (Å²) >= 11 is 0. The van der Waals surface area contributed by atoms with Gasteiger partial charge in [0.1, 0.15) is 0 Å². The van der Waals surface area contributed by atoms with Crippen molar-refractivity contribution in [2.45, 2.75) is 46.1 Å². The maximum atomic E-state index is 13.3. The maximum absolute atomic E-state index is 13.3. The highest BCUT2D eigenvalue weighted by Gasteiger charge is 2.31. The third-order valence-corrected chi connectivity index (χ3v) is 4.86. The lowest BCUT2D eigenvalue weighted by molar-refractivity contribution is -0.137. The maximum Gasteiger partial charge on any atom is 0.416 e. The van der Waals surface area contributed by atoms with E-state index in [4.69, 9.17) is 9.47 Å². The Morgan fingerprint density at radius 1 is 1.03 bits per heavy atom. The van der Waals surface area contributed by atoms with Crippen molar-refractivity contribution in [3.05, 3.63) is 54.1 Å². The summed E-state index contributed by atoms with van der Waals surface area (Å²) in [5.74, 6) is 0.461. The van der Waals surface area contributed by atoms with Gasteiger partial charge >= 0.3 is 12.2 Å². The molecule has 0 radical (unpaired) electrons. The van der Waals surface area contributed by atoms with Gasteiger partial charge in [0, 0.05) is 17.8 Å². The molecule has 0 aliphatic heterocycles. The van der Waals surface area contributed by atoms with E-state index in [0.29, 0.717) is 18.8 Å². The van der Waals surface area contributed by atoms with Crippen LogP contribution in [0, 0.1) is 5.92 Å². The van der Waals surface area contributed by atoms with Crippen LogP contribution in [0.15, 0.2) is 48.5 Å². The summed E-state index contributed by atoms with van der Waals surface area (Å²) in [6.45, 7) is 8.65. The third kappa shape index (κ3) is 7.69. The number of hydrogen-bond donors (Lipinski definition) is 2. The van der Waals surface area contributed by atoms with Crippen LogP contribution in [0.25, 0.3) is 17.1 Å². The molecular formula is C25H31F3N4O3. The van der Waals surface area contributed by atoms with Gasteiger partial charge in [-0.15, -0.1) is 5.10 Å². The fourth-order valence-electron chi connectivity index (χ4n) is 3.12. The number of nitrogens with one attached hydrogen (secondary N) is 1. The van der Waals surface area contributed by atoms with E-state index in [-0.39, 0.29) is 36.0 Å². The lowest BCUT2D eigenvalue weighted by atomic mass is 10.1. The molecule has 0 saturated carbocycles. The second-order valence-electron chi connectivity index (χ2n) is 8.88. The zero-order valence-corrected chi connectivity index (χ0v) is 20.2. The number of alkyl halides is 3. The molecule has 2 aromatic carbocycles. The Balaban J connectivity index is 1.85. The number of halogens is 3. The summed E-state index contributed by atoms with van der Waals surface area (Å²) < 4.78 is 52.3. The van der Waals surface area contributed by atoms with Crippen molar-refractivity contribution in [2.24, 2.45) is 5.92 Å². The summed E-state index contributed by atoms with van der Waals surface area (Å²) in [6.07, 6.45) is -5.11. The fourth-order valence-corrected chi connectivity index (χ4v) is 3.12. The first kappa shape index (κ1) is 26.5. The highest BCUT2D eigenvalue weighted by molar-refractivity contribution is 5.60. The van der Waals surface area contributed by atoms with E-state index in [0.717, 1.165) is 17.8 Å². The smallest absolute Gasteiger partial charge is 0.416 e. The van der Waals surface area contributed by atoms with Gasteiger partial charge in [-0.05, 0) is 56.2 Å². The van der Waals surface area contributed by atoms with E-state index in [2.05, 4.69) is 15.4 Å². The number of anilines is 1. The first-order valence-electron chi connectivity index (χ1n) is 11.4. The quantitative estimate of drug-likeness (QED) is 0.384. The molecule has 1 heterocycles. The number of hydrogen-bond acceptors (Lipinski definition) is 6. The molecule has 2 N–H and O–H groups in total. The van der Waals surface area contributed by atoms with Gasteiger partial charge in [0.25, 0.3) is 0 Å². The average Bonchev–Trinajstić information content (AvgIpc) is 3.24. The topological polar surface area (TPSA) is 81.4 Å². The Hall–Kier alpha value is -3.11. The Morgan fingerprint density at radius 2 is 1.74 bits per heavy atom. The Kier molecular flexibility index (Phi) is 8.74. The summed E-state index contributed by atoms with van der Waals surface area (Å²) in [5, 5.41) is 17.5. The van der Waals surface area contributed by atoms with Gasteiger partial charge in [0.15, 0.2) is 5.82 Å². The van der Waals surface area contributed by atoms with Crippen molar-refractivity contribution in [1.82, 2.24) is 14.8 Å². The molecule has 0 spiro atoms. The van der Waals surface area contributed by atoms with E-state index in [1.807, 2.05) is 27.7 Å². The van der Waals surface area contributed by atoms with E-state index in [1.165, 1.54) is 10.7 Å². The zero-order valence-electron chi connectivity index (χ0n) is 20.2. The molecule has 7 nitrogen and oxygen atoms in total. The summed E-state index contributed by atoms with van der Waals surface area (Å²) in [5.41, 5.74) is 0.851. The van der Waals surface area contributed by atoms with Gasteiger partial charge in [0.05, 0.1) is 36.7 Å². The van der Waals surface area contributed by atoms with Crippen molar-refractivity contribution in [2.75, 3.05) is 25.1 Å². The molecule has 0 saturated heterocycles. The summed E-state index contributed by atoms with van der Waals surface area (Å²) in [6, 6.07) is 12.1. The number of aromatic nitrogens is 3. The van der Waals surface area contributed by atoms with E-state index >= 15 is 0 Å². The van der Waals surface area contributed by atoms with Crippen LogP contribution in [0.2, 0.25) is 0 Å². The molecule has 3 rings (SSSR count). The zero-order chi connectivity index (χ0) is 25.6. The summed E-state index contributed by atoms with van der Waals surface area (Å²) in [7, 11) is 0. The fraction of sp³-hybridized carbons (Fsp3) is 0.440. The molecule has 10 heteroatoms. The van der Waals surface area contributed by atoms with Crippen molar-refractivity contribution in [1.29, 1.82) is 0 Å². The van der Waals surface area contributed by atoms with Crippen LogP contribution in [0.1, 0.15) is 33.3 Å².